The number of hydrazone groups is 1. The van der Waals surface area contributed by atoms with Crippen molar-refractivity contribution in [3.05, 3.63) is 57.6 Å². The van der Waals surface area contributed by atoms with Gasteiger partial charge >= 0.3 is 5.69 Å². The average Bonchev–Trinajstić information content (AvgIpc) is 2.58. The molecule has 0 unspecified atom stereocenters. The normalized spacial score (nSPS) is 10.5. The lowest BCUT2D eigenvalue weighted by atomic mass is 10.2. The number of benzene rings is 2. The van der Waals surface area contributed by atoms with Crippen molar-refractivity contribution in [1.82, 2.24) is 5.43 Å². The highest BCUT2D eigenvalue weighted by atomic mass is 32.1. The van der Waals surface area contributed by atoms with E-state index in [1.54, 1.807) is 0 Å². The van der Waals surface area contributed by atoms with Crippen molar-refractivity contribution < 1.29 is 14.8 Å². The van der Waals surface area contributed by atoms with E-state index in [0.717, 1.165) is 11.3 Å². The van der Waals surface area contributed by atoms with Crippen molar-refractivity contribution >= 4 is 34.9 Å². The van der Waals surface area contributed by atoms with Gasteiger partial charge in [-0.3, -0.25) is 15.5 Å². The molecule has 0 amide bonds. The van der Waals surface area contributed by atoms with Crippen LogP contribution in [0.25, 0.3) is 0 Å². The van der Waals surface area contributed by atoms with Gasteiger partial charge in [0.05, 0.1) is 18.2 Å². The maximum Gasteiger partial charge on any atom is 0.315 e. The summed E-state index contributed by atoms with van der Waals surface area (Å²) in [6.45, 7) is 1.94. The van der Waals surface area contributed by atoms with Crippen LogP contribution in [0.4, 0.5) is 11.4 Å². The first-order valence-electron chi connectivity index (χ1n) is 7.13. The van der Waals surface area contributed by atoms with Gasteiger partial charge < -0.3 is 15.2 Å². The smallest absolute Gasteiger partial charge is 0.315 e. The quantitative estimate of drug-likeness (QED) is 0.325. The maximum atomic E-state index is 11.0. The van der Waals surface area contributed by atoms with Crippen LogP contribution in [0, 0.1) is 17.0 Å². The summed E-state index contributed by atoms with van der Waals surface area (Å²) in [6, 6.07) is 10.2. The highest BCUT2D eigenvalue weighted by molar-refractivity contribution is 7.80. The van der Waals surface area contributed by atoms with Gasteiger partial charge in [-0.15, -0.1) is 0 Å². The molecule has 2 aromatic rings. The van der Waals surface area contributed by atoms with E-state index in [4.69, 9.17) is 17.0 Å². The Morgan fingerprint density at radius 3 is 2.76 bits per heavy atom. The minimum Gasteiger partial charge on any atom is -0.500 e. The summed E-state index contributed by atoms with van der Waals surface area (Å²) in [5.74, 6) is -0.550. The van der Waals surface area contributed by atoms with Gasteiger partial charge in [0.25, 0.3) is 0 Å². The topological polar surface area (TPSA) is 109 Å². The zero-order chi connectivity index (χ0) is 18.4. The Balaban J connectivity index is 2.09. The SMILES string of the molecule is COc1cc(/C=N/NC(=S)Nc2ccccc2C)cc([N+](=O)[O-])c1O. The Morgan fingerprint density at radius 2 is 2.12 bits per heavy atom. The van der Waals surface area contributed by atoms with E-state index in [1.165, 1.54) is 25.5 Å². The first-order chi connectivity index (χ1) is 11.9. The zero-order valence-corrected chi connectivity index (χ0v) is 14.3. The van der Waals surface area contributed by atoms with Gasteiger partial charge in [0, 0.05) is 17.3 Å². The molecule has 0 saturated carbocycles. The van der Waals surface area contributed by atoms with Crippen molar-refractivity contribution in [1.29, 1.82) is 0 Å². The lowest BCUT2D eigenvalue weighted by molar-refractivity contribution is -0.386. The summed E-state index contributed by atoms with van der Waals surface area (Å²) in [5, 5.41) is 27.9. The van der Waals surface area contributed by atoms with Crippen LogP contribution in [0.5, 0.6) is 11.5 Å². The van der Waals surface area contributed by atoms with Crippen molar-refractivity contribution in [2.45, 2.75) is 6.92 Å². The first kappa shape index (κ1) is 18.1. The van der Waals surface area contributed by atoms with Crippen LogP contribution < -0.4 is 15.5 Å². The molecule has 2 rings (SSSR count). The second-order valence-electron chi connectivity index (χ2n) is 4.99. The Labute approximate surface area is 149 Å². The highest BCUT2D eigenvalue weighted by Crippen LogP contribution is 2.36. The number of anilines is 1. The summed E-state index contributed by atoms with van der Waals surface area (Å²) >= 11 is 5.14. The molecule has 0 spiro atoms. The van der Waals surface area contributed by atoms with Crippen LogP contribution in [0.3, 0.4) is 0 Å². The molecule has 0 aliphatic rings. The molecule has 0 heterocycles. The number of aryl methyl sites for hydroxylation is 1. The molecule has 0 radical (unpaired) electrons. The van der Waals surface area contributed by atoms with Gasteiger partial charge in [0.1, 0.15) is 0 Å². The summed E-state index contributed by atoms with van der Waals surface area (Å²) in [4.78, 5) is 10.3. The number of ether oxygens (including phenoxy) is 1. The molecule has 2 aromatic carbocycles. The van der Waals surface area contributed by atoms with E-state index < -0.39 is 16.4 Å². The number of hydrogen-bond donors (Lipinski definition) is 3. The molecule has 0 aliphatic carbocycles. The molecular formula is C16H16N4O4S. The summed E-state index contributed by atoms with van der Waals surface area (Å²) in [6.07, 6.45) is 1.33. The van der Waals surface area contributed by atoms with E-state index in [1.807, 2.05) is 31.2 Å². The van der Waals surface area contributed by atoms with Crippen LogP contribution in [0.2, 0.25) is 0 Å². The van der Waals surface area contributed by atoms with Gasteiger partial charge in [-0.25, -0.2) is 0 Å². The molecule has 8 nitrogen and oxygen atoms in total. The van der Waals surface area contributed by atoms with Crippen LogP contribution in [-0.4, -0.2) is 28.5 Å². The highest BCUT2D eigenvalue weighted by Gasteiger charge is 2.19. The van der Waals surface area contributed by atoms with E-state index in [2.05, 4.69) is 15.8 Å². The Kier molecular flexibility index (Phi) is 5.85. The van der Waals surface area contributed by atoms with E-state index >= 15 is 0 Å². The largest absolute Gasteiger partial charge is 0.500 e. The molecule has 0 fully saturated rings. The fourth-order valence-electron chi connectivity index (χ4n) is 2.01. The molecule has 0 atom stereocenters. The number of phenolic OH excluding ortho intramolecular Hbond substituents is 1. The van der Waals surface area contributed by atoms with Crippen molar-refractivity contribution in [2.75, 3.05) is 12.4 Å². The molecule has 25 heavy (non-hydrogen) atoms. The Hall–Kier alpha value is -3.20. The fraction of sp³-hybridized carbons (Fsp3) is 0.125. The van der Waals surface area contributed by atoms with Gasteiger partial charge in [0.2, 0.25) is 5.75 Å². The molecule has 3 N–H and O–H groups in total. The van der Waals surface area contributed by atoms with Crippen molar-refractivity contribution in [2.24, 2.45) is 5.10 Å². The fourth-order valence-corrected chi connectivity index (χ4v) is 2.17. The first-order valence-corrected chi connectivity index (χ1v) is 7.54. The van der Waals surface area contributed by atoms with Gasteiger partial charge in [-0.2, -0.15) is 5.10 Å². The number of nitro benzene ring substituents is 1. The molecule has 0 aliphatic heterocycles. The number of aromatic hydroxyl groups is 1. The van der Waals surface area contributed by atoms with Gasteiger partial charge in [-0.1, -0.05) is 18.2 Å². The van der Waals surface area contributed by atoms with Crippen LogP contribution in [0.15, 0.2) is 41.5 Å². The van der Waals surface area contributed by atoms with Gasteiger partial charge in [-0.05, 0) is 36.8 Å². The molecular weight excluding hydrogens is 344 g/mol. The second-order valence-corrected chi connectivity index (χ2v) is 5.40. The number of rotatable bonds is 5. The van der Waals surface area contributed by atoms with E-state index in [0.29, 0.717) is 5.56 Å². The number of phenols is 1. The summed E-state index contributed by atoms with van der Waals surface area (Å²) < 4.78 is 4.92. The summed E-state index contributed by atoms with van der Waals surface area (Å²) in [7, 11) is 1.30. The Bertz CT molecular complexity index is 839. The number of para-hydroxylation sites is 1. The predicted molar refractivity (Wildman–Crippen MR) is 99.4 cm³/mol. The molecule has 130 valence electrons. The predicted octanol–water partition coefficient (Wildman–Crippen LogP) is 2.94. The number of thiocarbonyl (C=S) groups is 1. The average molecular weight is 360 g/mol. The number of nitrogens with one attached hydrogen (secondary N) is 2. The molecule has 9 heteroatoms. The Morgan fingerprint density at radius 1 is 1.40 bits per heavy atom. The lowest BCUT2D eigenvalue weighted by Crippen LogP contribution is -2.24. The minimum absolute atomic E-state index is 0.0174. The number of methoxy groups -OCH3 is 1. The standard InChI is InChI=1S/C16H16N4O4S/c1-10-5-3-4-6-12(10)18-16(25)19-17-9-11-7-13(20(22)23)15(21)14(8-11)24-2/h3-9,21H,1-2H3,(H2,18,19,25)/b17-9+. The van der Waals surface area contributed by atoms with Crippen LogP contribution >= 0.6 is 12.2 Å². The van der Waals surface area contributed by atoms with Crippen molar-refractivity contribution in [3.8, 4) is 11.5 Å². The lowest BCUT2D eigenvalue weighted by Gasteiger charge is -2.09. The van der Waals surface area contributed by atoms with E-state index in [-0.39, 0.29) is 10.9 Å². The third kappa shape index (κ3) is 4.64. The summed E-state index contributed by atoms with van der Waals surface area (Å²) in [5.41, 5.74) is 4.39. The number of hydrogen-bond acceptors (Lipinski definition) is 6. The third-order valence-corrected chi connectivity index (χ3v) is 3.46. The number of nitrogens with zero attached hydrogens (tertiary/aromatic N) is 2. The van der Waals surface area contributed by atoms with Gasteiger partial charge in [0.15, 0.2) is 10.9 Å². The van der Waals surface area contributed by atoms with Crippen LogP contribution in [-0.2, 0) is 0 Å². The van der Waals surface area contributed by atoms with E-state index in [9.17, 15) is 15.2 Å². The van der Waals surface area contributed by atoms with Crippen molar-refractivity contribution in [3.63, 3.8) is 0 Å². The monoisotopic (exact) mass is 360 g/mol. The molecule has 0 saturated heterocycles. The zero-order valence-electron chi connectivity index (χ0n) is 13.5. The molecule has 0 bridgehead atoms. The maximum absolute atomic E-state index is 11.0. The van der Waals surface area contributed by atoms with Crippen LogP contribution in [0.1, 0.15) is 11.1 Å². The third-order valence-electron chi connectivity index (χ3n) is 3.27. The molecule has 0 aromatic heterocycles. The number of nitro groups is 1. The minimum atomic E-state index is -0.701. The second kappa shape index (κ2) is 8.06.